The van der Waals surface area contributed by atoms with Crippen LogP contribution in [0, 0.1) is 11.3 Å². The van der Waals surface area contributed by atoms with Crippen molar-refractivity contribution < 1.29 is 9.63 Å². The summed E-state index contributed by atoms with van der Waals surface area (Å²) in [5.74, 6) is -0.0567. The van der Waals surface area contributed by atoms with Crippen LogP contribution in [0.5, 0.6) is 0 Å². The number of hydrogen-bond acceptors (Lipinski definition) is 4. The zero-order valence-corrected chi connectivity index (χ0v) is 8.78. The van der Waals surface area contributed by atoms with Gasteiger partial charge < -0.3 is 10.2 Å². The minimum absolute atomic E-state index is 0.146. The summed E-state index contributed by atoms with van der Waals surface area (Å²) in [6.07, 6.45) is 1.48. The predicted octanol–water partition coefficient (Wildman–Crippen LogP) is 0.332. The van der Waals surface area contributed by atoms with Crippen LogP contribution < -0.4 is 5.32 Å². The Morgan fingerprint density at radius 3 is 3.00 bits per heavy atom. The Labute approximate surface area is 88.6 Å². The van der Waals surface area contributed by atoms with Gasteiger partial charge in [0.05, 0.1) is 0 Å². The van der Waals surface area contributed by atoms with Gasteiger partial charge in [0, 0.05) is 19.7 Å². The molecule has 1 amide bonds. The van der Waals surface area contributed by atoms with Crippen LogP contribution >= 0.6 is 0 Å². The van der Waals surface area contributed by atoms with E-state index in [2.05, 4.69) is 11.9 Å². The van der Waals surface area contributed by atoms with Crippen molar-refractivity contribution in [1.82, 2.24) is 10.4 Å². The van der Waals surface area contributed by atoms with Gasteiger partial charge in [0.25, 0.3) is 0 Å². The first-order valence-electron chi connectivity index (χ1n) is 4.49. The Morgan fingerprint density at radius 1 is 1.87 bits per heavy atom. The summed E-state index contributed by atoms with van der Waals surface area (Å²) in [7, 11) is 1.60. The summed E-state index contributed by atoms with van der Waals surface area (Å²) < 4.78 is 0. The summed E-state index contributed by atoms with van der Waals surface area (Å²) in [6.45, 7) is 5.93. The van der Waals surface area contributed by atoms with Gasteiger partial charge in [-0.2, -0.15) is 5.26 Å². The number of rotatable bonds is 3. The van der Waals surface area contributed by atoms with Gasteiger partial charge in [-0.25, -0.2) is 0 Å². The molecule has 1 aliphatic rings. The first-order valence-corrected chi connectivity index (χ1v) is 4.49. The average molecular weight is 207 g/mol. The number of hydrogen-bond donors (Lipinski definition) is 1. The van der Waals surface area contributed by atoms with E-state index < -0.39 is 6.04 Å². The van der Waals surface area contributed by atoms with Gasteiger partial charge in [-0.05, 0) is 6.92 Å². The minimum Gasteiger partial charge on any atom is -0.394 e. The number of amides is 1. The molecular weight excluding hydrogens is 194 g/mol. The number of nitrogens with zero attached hydrogens (tertiary/aromatic N) is 2. The third-order valence-electron chi connectivity index (χ3n) is 1.89. The zero-order valence-electron chi connectivity index (χ0n) is 8.78. The maximum absolute atomic E-state index is 11.6. The Hall–Kier alpha value is -1.80. The molecule has 1 atom stereocenters. The fourth-order valence-corrected chi connectivity index (χ4v) is 1.13. The fourth-order valence-electron chi connectivity index (χ4n) is 1.13. The monoisotopic (exact) mass is 207 g/mol. The first kappa shape index (κ1) is 11.3. The second kappa shape index (κ2) is 4.62. The summed E-state index contributed by atoms with van der Waals surface area (Å²) in [4.78, 5) is 16.6. The second-order valence-electron chi connectivity index (χ2n) is 3.40. The van der Waals surface area contributed by atoms with Crippen molar-refractivity contribution in [3.05, 3.63) is 24.0 Å². The van der Waals surface area contributed by atoms with Gasteiger partial charge in [0.2, 0.25) is 11.7 Å². The summed E-state index contributed by atoms with van der Waals surface area (Å²) in [5.41, 5.74) is 0.870. The largest absolute Gasteiger partial charge is 0.394 e. The van der Waals surface area contributed by atoms with E-state index in [1.165, 1.54) is 11.1 Å². The molecule has 0 aromatic rings. The van der Waals surface area contributed by atoms with Crippen LogP contribution in [0.15, 0.2) is 24.0 Å². The lowest BCUT2D eigenvalue weighted by molar-refractivity contribution is -0.139. The normalized spacial score (nSPS) is 20.1. The Balaban J connectivity index is 2.57. The van der Waals surface area contributed by atoms with Crippen molar-refractivity contribution in [2.24, 2.45) is 0 Å². The molecular formula is C10H13N3O2. The number of hydroxylamine groups is 2. The average Bonchev–Trinajstić information content (AvgIpc) is 2.56. The Bertz CT molecular complexity index is 354. The molecule has 0 bridgehead atoms. The van der Waals surface area contributed by atoms with E-state index >= 15 is 0 Å². The summed E-state index contributed by atoms with van der Waals surface area (Å²) in [6, 6.07) is 1.30. The van der Waals surface area contributed by atoms with Crippen LogP contribution in [0.4, 0.5) is 0 Å². The van der Waals surface area contributed by atoms with E-state index in [4.69, 9.17) is 10.1 Å². The highest BCUT2D eigenvalue weighted by Gasteiger charge is 2.29. The standard InChI is InChI=1S/C10H13N3O2/c1-7(2)6-12-10(14)9-4-8(5-11)15-13(9)3/h4,9H,1,6H2,2-3H3,(H,12,14). The molecule has 1 rings (SSSR count). The van der Waals surface area contributed by atoms with Crippen molar-refractivity contribution in [3.8, 4) is 6.07 Å². The molecule has 0 aromatic heterocycles. The van der Waals surface area contributed by atoms with E-state index in [0.717, 1.165) is 5.57 Å². The number of carbonyl (C=O) groups is 1. The van der Waals surface area contributed by atoms with Crippen LogP contribution in [0.25, 0.3) is 0 Å². The van der Waals surface area contributed by atoms with E-state index in [-0.39, 0.29) is 11.7 Å². The molecule has 0 radical (unpaired) electrons. The lowest BCUT2D eigenvalue weighted by Gasteiger charge is -2.16. The lowest BCUT2D eigenvalue weighted by Crippen LogP contribution is -2.41. The van der Waals surface area contributed by atoms with Crippen molar-refractivity contribution in [3.63, 3.8) is 0 Å². The summed E-state index contributed by atoms with van der Waals surface area (Å²) in [5, 5.41) is 12.6. The van der Waals surface area contributed by atoms with E-state index in [1.54, 1.807) is 7.05 Å². The molecule has 1 N–H and O–H groups in total. The van der Waals surface area contributed by atoms with Gasteiger partial charge >= 0.3 is 0 Å². The first-order chi connectivity index (χ1) is 7.04. The molecule has 0 saturated heterocycles. The smallest absolute Gasteiger partial charge is 0.245 e. The minimum atomic E-state index is -0.543. The molecule has 0 saturated carbocycles. The SMILES string of the molecule is C=C(C)CNC(=O)C1C=C(C#N)ON1C. The molecule has 5 heteroatoms. The van der Waals surface area contributed by atoms with Crippen molar-refractivity contribution in [2.75, 3.05) is 13.6 Å². The number of nitrogens with one attached hydrogen (secondary N) is 1. The van der Waals surface area contributed by atoms with Gasteiger partial charge in [-0.3, -0.25) is 4.79 Å². The third-order valence-corrected chi connectivity index (χ3v) is 1.89. The van der Waals surface area contributed by atoms with E-state index in [0.29, 0.717) is 6.54 Å². The van der Waals surface area contributed by atoms with E-state index in [1.807, 2.05) is 13.0 Å². The fraction of sp³-hybridized carbons (Fsp3) is 0.400. The van der Waals surface area contributed by atoms with Gasteiger partial charge in [0.15, 0.2) is 0 Å². The highest BCUT2D eigenvalue weighted by Crippen LogP contribution is 2.15. The second-order valence-corrected chi connectivity index (χ2v) is 3.40. The molecule has 5 nitrogen and oxygen atoms in total. The van der Waals surface area contributed by atoms with Gasteiger partial charge in [-0.1, -0.05) is 12.2 Å². The van der Waals surface area contributed by atoms with Gasteiger partial charge in [-0.15, -0.1) is 5.06 Å². The van der Waals surface area contributed by atoms with Crippen molar-refractivity contribution in [2.45, 2.75) is 13.0 Å². The molecule has 0 fully saturated rings. The molecule has 0 aromatic carbocycles. The van der Waals surface area contributed by atoms with Crippen LogP contribution in [0.3, 0.4) is 0 Å². The Kier molecular flexibility index (Phi) is 3.47. The number of allylic oxidation sites excluding steroid dienone is 1. The topological polar surface area (TPSA) is 65.4 Å². The van der Waals surface area contributed by atoms with E-state index in [9.17, 15) is 4.79 Å². The third kappa shape index (κ3) is 2.82. The molecule has 1 aliphatic heterocycles. The quantitative estimate of drug-likeness (QED) is 0.677. The van der Waals surface area contributed by atoms with Crippen LogP contribution in [0.1, 0.15) is 6.92 Å². The molecule has 80 valence electrons. The lowest BCUT2D eigenvalue weighted by atomic mass is 10.2. The molecule has 0 spiro atoms. The number of likely N-dealkylation sites (N-methyl/N-ethyl adjacent to an activating group) is 1. The highest BCUT2D eigenvalue weighted by atomic mass is 16.7. The Morgan fingerprint density at radius 2 is 2.53 bits per heavy atom. The maximum atomic E-state index is 11.6. The predicted molar refractivity (Wildman–Crippen MR) is 54.2 cm³/mol. The van der Waals surface area contributed by atoms with Crippen LogP contribution in [-0.4, -0.2) is 30.6 Å². The van der Waals surface area contributed by atoms with Crippen molar-refractivity contribution >= 4 is 5.91 Å². The van der Waals surface area contributed by atoms with Gasteiger partial charge in [0.1, 0.15) is 12.1 Å². The number of nitriles is 1. The van der Waals surface area contributed by atoms with Crippen molar-refractivity contribution in [1.29, 1.82) is 5.26 Å². The number of carbonyl (C=O) groups excluding carboxylic acids is 1. The van der Waals surface area contributed by atoms with Crippen LogP contribution in [0.2, 0.25) is 0 Å². The molecule has 0 aliphatic carbocycles. The van der Waals surface area contributed by atoms with Crippen LogP contribution in [-0.2, 0) is 9.63 Å². The molecule has 1 heterocycles. The zero-order chi connectivity index (χ0) is 11.4. The highest BCUT2D eigenvalue weighted by molar-refractivity contribution is 5.84. The summed E-state index contributed by atoms with van der Waals surface area (Å²) >= 11 is 0. The molecule has 15 heavy (non-hydrogen) atoms. The molecule has 1 unspecified atom stereocenters. The maximum Gasteiger partial charge on any atom is 0.245 e.